The number of nitriles is 1. The molecule has 1 aliphatic carbocycles. The van der Waals surface area contributed by atoms with Crippen molar-refractivity contribution in [2.24, 2.45) is 5.41 Å². The largest absolute Gasteiger partial charge is 0.481 e. The number of carbonyl (C=O) groups excluding carboxylic acids is 1. The molecule has 1 aromatic carbocycles. The summed E-state index contributed by atoms with van der Waals surface area (Å²) in [5.74, 6) is -0.00387. The Morgan fingerprint density at radius 1 is 1.26 bits per heavy atom. The van der Waals surface area contributed by atoms with Crippen LogP contribution in [0.4, 0.5) is 16.5 Å². The molecule has 3 aromatic rings. The summed E-state index contributed by atoms with van der Waals surface area (Å²) in [5, 5.41) is 25.4. The van der Waals surface area contributed by atoms with Gasteiger partial charge < -0.3 is 19.3 Å². The van der Waals surface area contributed by atoms with Gasteiger partial charge in [-0.25, -0.2) is 9.78 Å². The lowest BCUT2D eigenvalue weighted by molar-refractivity contribution is -0.138. The number of benzene rings is 1. The molecule has 1 aliphatic heterocycles. The number of piperidine rings is 1. The van der Waals surface area contributed by atoms with Crippen LogP contribution in [0.25, 0.3) is 11.1 Å². The van der Waals surface area contributed by atoms with Crippen LogP contribution in [0.2, 0.25) is 0 Å². The number of hydrogen-bond donors (Lipinski definition) is 2. The molecular formula is C28H29N5O5. The van der Waals surface area contributed by atoms with Crippen LogP contribution in [-0.2, 0) is 9.53 Å². The molecule has 2 unspecified atom stereocenters. The van der Waals surface area contributed by atoms with Gasteiger partial charge in [0.05, 0.1) is 12.0 Å². The second-order valence-corrected chi connectivity index (χ2v) is 9.97. The molecule has 2 N–H and O–H groups in total. The number of ether oxygens (including phenoxy) is 1. The van der Waals surface area contributed by atoms with E-state index in [1.54, 1.807) is 19.2 Å². The summed E-state index contributed by atoms with van der Waals surface area (Å²) < 4.78 is 10.7. The number of anilines is 2. The Bertz CT molecular complexity index is 1340. The number of nitrogens with zero attached hydrogens (tertiary/aromatic N) is 4. The number of amides is 1. The number of carboxylic acid groups (broad SMARTS) is 1. The normalized spacial score (nSPS) is 18.7. The van der Waals surface area contributed by atoms with E-state index in [4.69, 9.17) is 9.26 Å². The maximum atomic E-state index is 12.6. The van der Waals surface area contributed by atoms with E-state index in [1.807, 2.05) is 42.5 Å². The fourth-order valence-corrected chi connectivity index (χ4v) is 5.43. The SMILES string of the molecule is CC(OC(=O)Nc1onc(C#N)c1-c1ccc(N2CCCCC2C2(CC(=O)O)CC2)nc1)c1ccccc1. The zero-order valence-electron chi connectivity index (χ0n) is 21.1. The Kier molecular flexibility index (Phi) is 7.01. The van der Waals surface area contributed by atoms with E-state index < -0.39 is 18.2 Å². The van der Waals surface area contributed by atoms with Crippen LogP contribution in [0.1, 0.15) is 62.8 Å². The summed E-state index contributed by atoms with van der Waals surface area (Å²) in [6, 6.07) is 15.1. The number of aliphatic carboxylic acids is 1. The molecule has 2 fully saturated rings. The van der Waals surface area contributed by atoms with Gasteiger partial charge in [0.1, 0.15) is 18.0 Å². The van der Waals surface area contributed by atoms with Crippen molar-refractivity contribution in [2.45, 2.75) is 57.6 Å². The van der Waals surface area contributed by atoms with Crippen molar-refractivity contribution in [1.82, 2.24) is 10.1 Å². The Hall–Kier alpha value is -4.39. The van der Waals surface area contributed by atoms with Gasteiger partial charge in [-0.1, -0.05) is 35.5 Å². The predicted octanol–water partition coefficient (Wildman–Crippen LogP) is 5.53. The molecule has 2 atom stereocenters. The average Bonchev–Trinajstić information content (AvgIpc) is 3.59. The summed E-state index contributed by atoms with van der Waals surface area (Å²) in [4.78, 5) is 31.0. The number of pyridine rings is 1. The van der Waals surface area contributed by atoms with Crippen LogP contribution in [-0.4, -0.2) is 39.9 Å². The highest BCUT2D eigenvalue weighted by molar-refractivity contribution is 5.90. The van der Waals surface area contributed by atoms with Gasteiger partial charge in [0, 0.05) is 29.8 Å². The molecule has 38 heavy (non-hydrogen) atoms. The molecule has 196 valence electrons. The molecular weight excluding hydrogens is 486 g/mol. The molecule has 0 radical (unpaired) electrons. The highest BCUT2D eigenvalue weighted by Crippen LogP contribution is 2.56. The summed E-state index contributed by atoms with van der Waals surface area (Å²) in [5.41, 5.74) is 1.53. The van der Waals surface area contributed by atoms with E-state index in [-0.39, 0.29) is 29.5 Å². The first-order chi connectivity index (χ1) is 18.4. The van der Waals surface area contributed by atoms with E-state index in [0.29, 0.717) is 11.1 Å². The second kappa shape index (κ2) is 10.5. The van der Waals surface area contributed by atoms with Crippen molar-refractivity contribution in [3.63, 3.8) is 0 Å². The first-order valence-electron chi connectivity index (χ1n) is 12.8. The van der Waals surface area contributed by atoms with Gasteiger partial charge in [-0.3, -0.25) is 10.1 Å². The van der Waals surface area contributed by atoms with Gasteiger partial charge in [-0.05, 0) is 56.7 Å². The van der Waals surface area contributed by atoms with Gasteiger partial charge in [0.2, 0.25) is 5.88 Å². The van der Waals surface area contributed by atoms with Gasteiger partial charge in [-0.15, -0.1) is 0 Å². The molecule has 0 bridgehead atoms. The lowest BCUT2D eigenvalue weighted by atomic mass is 9.85. The minimum atomic E-state index is -0.760. The second-order valence-electron chi connectivity index (χ2n) is 9.97. The Balaban J connectivity index is 1.34. The number of aromatic nitrogens is 2. The number of nitrogens with one attached hydrogen (secondary N) is 1. The number of carboxylic acids is 1. The van der Waals surface area contributed by atoms with Crippen LogP contribution in [0.3, 0.4) is 0 Å². The van der Waals surface area contributed by atoms with Crippen LogP contribution < -0.4 is 10.2 Å². The van der Waals surface area contributed by atoms with Crippen LogP contribution in [0.5, 0.6) is 0 Å². The molecule has 10 nitrogen and oxygen atoms in total. The average molecular weight is 516 g/mol. The first kappa shape index (κ1) is 25.3. The van der Waals surface area contributed by atoms with Crippen LogP contribution >= 0.6 is 0 Å². The Morgan fingerprint density at radius 3 is 2.71 bits per heavy atom. The smallest absolute Gasteiger partial charge is 0.414 e. The molecule has 5 rings (SSSR count). The molecule has 10 heteroatoms. The molecule has 1 amide bonds. The standard InChI is InChI=1S/C28H29N5O5/c1-18(19-7-3-2-4-8-19)37-27(36)31-26-25(21(16-29)32-38-26)20-10-11-23(30-17-20)33-14-6-5-9-22(33)28(12-13-28)15-24(34)35/h2-4,7-8,10-11,17-18,22H,5-6,9,12-15H2,1H3,(H,31,36)(H,34,35). The molecule has 1 saturated heterocycles. The topological polar surface area (TPSA) is 142 Å². The third-order valence-corrected chi connectivity index (χ3v) is 7.50. The first-order valence-corrected chi connectivity index (χ1v) is 12.8. The maximum Gasteiger partial charge on any atom is 0.414 e. The zero-order valence-corrected chi connectivity index (χ0v) is 21.1. The molecule has 0 spiro atoms. The van der Waals surface area contributed by atoms with Crippen LogP contribution in [0.15, 0.2) is 53.2 Å². The van der Waals surface area contributed by atoms with E-state index >= 15 is 0 Å². The quantitative estimate of drug-likeness (QED) is 0.396. The zero-order chi connectivity index (χ0) is 26.7. The molecule has 3 heterocycles. The van der Waals surface area contributed by atoms with E-state index in [9.17, 15) is 20.0 Å². The predicted molar refractivity (Wildman–Crippen MR) is 138 cm³/mol. The minimum absolute atomic E-state index is 0.00407. The summed E-state index contributed by atoms with van der Waals surface area (Å²) in [7, 11) is 0. The van der Waals surface area contributed by atoms with Crippen molar-refractivity contribution in [1.29, 1.82) is 5.26 Å². The third-order valence-electron chi connectivity index (χ3n) is 7.50. The number of hydrogen-bond acceptors (Lipinski definition) is 8. The van der Waals surface area contributed by atoms with Crippen molar-refractivity contribution >= 4 is 23.8 Å². The van der Waals surface area contributed by atoms with Gasteiger partial charge >= 0.3 is 12.1 Å². The summed E-state index contributed by atoms with van der Waals surface area (Å²) >= 11 is 0. The molecule has 2 aliphatic rings. The summed E-state index contributed by atoms with van der Waals surface area (Å²) in [6.07, 6.45) is 5.42. The van der Waals surface area contributed by atoms with Crippen LogP contribution in [0, 0.1) is 16.7 Å². The number of rotatable bonds is 8. The van der Waals surface area contributed by atoms with Crippen molar-refractivity contribution in [3.8, 4) is 17.2 Å². The fraction of sp³-hybridized carbons (Fsp3) is 0.393. The number of carbonyl (C=O) groups is 2. The van der Waals surface area contributed by atoms with Crippen molar-refractivity contribution < 1.29 is 24.0 Å². The highest BCUT2D eigenvalue weighted by Gasteiger charge is 2.53. The lowest BCUT2D eigenvalue weighted by Gasteiger charge is -2.41. The fourth-order valence-electron chi connectivity index (χ4n) is 5.43. The van der Waals surface area contributed by atoms with E-state index in [0.717, 1.165) is 50.0 Å². The minimum Gasteiger partial charge on any atom is -0.481 e. The van der Waals surface area contributed by atoms with E-state index in [1.165, 1.54) is 0 Å². The molecule has 1 saturated carbocycles. The van der Waals surface area contributed by atoms with Gasteiger partial charge in [0.25, 0.3) is 0 Å². The van der Waals surface area contributed by atoms with E-state index in [2.05, 4.69) is 20.4 Å². The monoisotopic (exact) mass is 515 g/mol. The van der Waals surface area contributed by atoms with Crippen molar-refractivity contribution in [2.75, 3.05) is 16.8 Å². The van der Waals surface area contributed by atoms with Gasteiger partial charge in [-0.2, -0.15) is 5.26 Å². The van der Waals surface area contributed by atoms with Crippen molar-refractivity contribution in [3.05, 3.63) is 59.9 Å². The third kappa shape index (κ3) is 5.18. The lowest BCUT2D eigenvalue weighted by Crippen LogP contribution is -2.46. The summed E-state index contributed by atoms with van der Waals surface area (Å²) in [6.45, 7) is 2.57. The maximum absolute atomic E-state index is 12.6. The highest BCUT2D eigenvalue weighted by atomic mass is 16.6. The Morgan fingerprint density at radius 2 is 2.05 bits per heavy atom. The Labute approximate surface area is 220 Å². The van der Waals surface area contributed by atoms with Gasteiger partial charge in [0.15, 0.2) is 5.69 Å². The molecule has 2 aromatic heterocycles.